The highest BCUT2D eigenvalue weighted by molar-refractivity contribution is 5.12. The predicted molar refractivity (Wildman–Crippen MR) is 48.3 cm³/mol. The van der Waals surface area contributed by atoms with Crippen molar-refractivity contribution >= 4 is 0 Å². The minimum absolute atomic E-state index is 0.954. The van der Waals surface area contributed by atoms with Crippen LogP contribution in [0.25, 0.3) is 0 Å². The molecule has 11 heavy (non-hydrogen) atoms. The van der Waals surface area contributed by atoms with Gasteiger partial charge in [0.05, 0.1) is 0 Å². The average Bonchev–Trinajstić information content (AvgIpc) is 2.60. The Labute approximate surface area is 69.7 Å². The SMILES string of the molecule is CCC1C2C=CC(C2)C1CC. The fourth-order valence-electron chi connectivity index (χ4n) is 3.24. The van der Waals surface area contributed by atoms with Gasteiger partial charge in [-0.1, -0.05) is 38.8 Å². The lowest BCUT2D eigenvalue weighted by atomic mass is 9.80. The fraction of sp³-hybridized carbons (Fsp3) is 0.818. The molecule has 4 unspecified atom stereocenters. The summed E-state index contributed by atoms with van der Waals surface area (Å²) in [4.78, 5) is 0. The highest BCUT2D eigenvalue weighted by Crippen LogP contribution is 2.50. The van der Waals surface area contributed by atoms with E-state index in [0.29, 0.717) is 0 Å². The van der Waals surface area contributed by atoms with E-state index in [4.69, 9.17) is 0 Å². The van der Waals surface area contributed by atoms with Gasteiger partial charge in [-0.05, 0) is 30.1 Å². The van der Waals surface area contributed by atoms with Crippen molar-refractivity contribution in [1.29, 1.82) is 0 Å². The van der Waals surface area contributed by atoms with E-state index in [1.807, 2.05) is 0 Å². The molecule has 0 amide bonds. The minimum atomic E-state index is 0.954. The summed E-state index contributed by atoms with van der Waals surface area (Å²) in [5.74, 6) is 3.95. The highest BCUT2D eigenvalue weighted by atomic mass is 14.5. The molecule has 2 bridgehead atoms. The van der Waals surface area contributed by atoms with Crippen LogP contribution in [0.1, 0.15) is 33.1 Å². The molecule has 0 aromatic heterocycles. The van der Waals surface area contributed by atoms with Gasteiger partial charge in [-0.25, -0.2) is 0 Å². The largest absolute Gasteiger partial charge is 0.0848 e. The zero-order valence-corrected chi connectivity index (χ0v) is 7.59. The van der Waals surface area contributed by atoms with Crippen LogP contribution in [0.5, 0.6) is 0 Å². The van der Waals surface area contributed by atoms with Gasteiger partial charge in [0.2, 0.25) is 0 Å². The molecule has 4 atom stereocenters. The predicted octanol–water partition coefficient (Wildman–Crippen LogP) is 3.24. The van der Waals surface area contributed by atoms with Gasteiger partial charge in [-0.3, -0.25) is 0 Å². The molecule has 62 valence electrons. The van der Waals surface area contributed by atoms with Gasteiger partial charge in [0, 0.05) is 0 Å². The van der Waals surface area contributed by atoms with E-state index in [-0.39, 0.29) is 0 Å². The lowest BCUT2D eigenvalue weighted by molar-refractivity contribution is 0.292. The zero-order valence-electron chi connectivity index (χ0n) is 7.59. The van der Waals surface area contributed by atoms with Crippen molar-refractivity contribution in [3.8, 4) is 0 Å². The number of fused-ring (bicyclic) bond motifs is 2. The van der Waals surface area contributed by atoms with Crippen LogP contribution in [0, 0.1) is 23.7 Å². The van der Waals surface area contributed by atoms with Crippen LogP contribution in [-0.2, 0) is 0 Å². The first-order chi connectivity index (χ1) is 5.36. The molecule has 2 rings (SSSR count). The summed E-state index contributed by atoms with van der Waals surface area (Å²) in [5.41, 5.74) is 0. The maximum Gasteiger partial charge on any atom is -0.0197 e. The first-order valence-corrected chi connectivity index (χ1v) is 5.05. The molecule has 0 aliphatic heterocycles. The summed E-state index contributed by atoms with van der Waals surface area (Å²) in [5, 5.41) is 0. The molecule has 0 nitrogen and oxygen atoms in total. The quantitative estimate of drug-likeness (QED) is 0.530. The maximum atomic E-state index is 2.46. The number of hydrogen-bond donors (Lipinski definition) is 0. The molecular weight excluding hydrogens is 132 g/mol. The second kappa shape index (κ2) is 2.66. The van der Waals surface area contributed by atoms with Crippen LogP contribution in [0.4, 0.5) is 0 Å². The summed E-state index contributed by atoms with van der Waals surface area (Å²) in [7, 11) is 0. The molecule has 0 aromatic rings. The highest BCUT2D eigenvalue weighted by Gasteiger charge is 2.41. The van der Waals surface area contributed by atoms with Crippen LogP contribution in [0.2, 0.25) is 0 Å². The van der Waals surface area contributed by atoms with Gasteiger partial charge in [0.25, 0.3) is 0 Å². The molecule has 2 aliphatic rings. The molecule has 0 heterocycles. The van der Waals surface area contributed by atoms with Gasteiger partial charge in [-0.15, -0.1) is 0 Å². The number of rotatable bonds is 2. The van der Waals surface area contributed by atoms with Gasteiger partial charge in [0.15, 0.2) is 0 Å². The van der Waals surface area contributed by atoms with E-state index < -0.39 is 0 Å². The standard InChI is InChI=1S/C11H18/c1-3-10-8-5-6-9(7-8)11(10)4-2/h5-6,8-11H,3-4,7H2,1-2H3. The van der Waals surface area contributed by atoms with Crippen LogP contribution in [0.3, 0.4) is 0 Å². The Balaban J connectivity index is 2.15. The van der Waals surface area contributed by atoms with Crippen LogP contribution < -0.4 is 0 Å². The van der Waals surface area contributed by atoms with E-state index in [9.17, 15) is 0 Å². The molecule has 0 N–H and O–H groups in total. The molecule has 0 aromatic carbocycles. The normalized spacial score (nSPS) is 47.1. The first kappa shape index (κ1) is 7.39. The molecule has 1 saturated carbocycles. The zero-order chi connectivity index (χ0) is 7.84. The second-order valence-electron chi connectivity index (χ2n) is 4.09. The Kier molecular flexibility index (Phi) is 1.78. The van der Waals surface area contributed by atoms with Crippen molar-refractivity contribution < 1.29 is 0 Å². The molecule has 0 heteroatoms. The third kappa shape index (κ3) is 0.953. The lowest BCUT2D eigenvalue weighted by Gasteiger charge is -2.25. The Hall–Kier alpha value is -0.260. The Morgan fingerprint density at radius 2 is 1.45 bits per heavy atom. The molecule has 2 aliphatic carbocycles. The van der Waals surface area contributed by atoms with Gasteiger partial charge >= 0.3 is 0 Å². The lowest BCUT2D eigenvalue weighted by Crippen LogP contribution is -2.17. The van der Waals surface area contributed by atoms with E-state index >= 15 is 0 Å². The first-order valence-electron chi connectivity index (χ1n) is 5.05. The van der Waals surface area contributed by atoms with E-state index in [0.717, 1.165) is 23.7 Å². The molecule has 0 spiro atoms. The Morgan fingerprint density at radius 3 is 1.82 bits per heavy atom. The topological polar surface area (TPSA) is 0 Å². The van der Waals surface area contributed by atoms with Crippen molar-refractivity contribution in [3.05, 3.63) is 12.2 Å². The van der Waals surface area contributed by atoms with Crippen molar-refractivity contribution in [2.45, 2.75) is 33.1 Å². The third-order valence-electron chi connectivity index (χ3n) is 3.74. The Morgan fingerprint density at radius 1 is 1.00 bits per heavy atom. The van der Waals surface area contributed by atoms with Crippen molar-refractivity contribution in [1.82, 2.24) is 0 Å². The summed E-state index contributed by atoms with van der Waals surface area (Å²) >= 11 is 0. The van der Waals surface area contributed by atoms with E-state index in [1.54, 1.807) is 0 Å². The van der Waals surface area contributed by atoms with Gasteiger partial charge in [-0.2, -0.15) is 0 Å². The summed E-state index contributed by atoms with van der Waals surface area (Å²) in [6.07, 6.45) is 9.18. The van der Waals surface area contributed by atoms with Gasteiger partial charge in [0.1, 0.15) is 0 Å². The Bertz CT molecular complexity index is 151. The number of hydrogen-bond acceptors (Lipinski definition) is 0. The fourth-order valence-corrected chi connectivity index (χ4v) is 3.24. The maximum absolute atomic E-state index is 2.46. The van der Waals surface area contributed by atoms with Crippen molar-refractivity contribution in [2.75, 3.05) is 0 Å². The van der Waals surface area contributed by atoms with Gasteiger partial charge < -0.3 is 0 Å². The van der Waals surface area contributed by atoms with Crippen molar-refractivity contribution in [3.63, 3.8) is 0 Å². The minimum Gasteiger partial charge on any atom is -0.0848 e. The molecular formula is C11H18. The molecule has 1 fully saturated rings. The van der Waals surface area contributed by atoms with E-state index in [2.05, 4.69) is 26.0 Å². The number of allylic oxidation sites excluding steroid dienone is 2. The average molecular weight is 150 g/mol. The van der Waals surface area contributed by atoms with Crippen LogP contribution >= 0.6 is 0 Å². The third-order valence-corrected chi connectivity index (χ3v) is 3.74. The molecule has 0 radical (unpaired) electrons. The smallest absolute Gasteiger partial charge is 0.0197 e. The monoisotopic (exact) mass is 150 g/mol. The summed E-state index contributed by atoms with van der Waals surface area (Å²) in [6, 6.07) is 0. The second-order valence-corrected chi connectivity index (χ2v) is 4.09. The van der Waals surface area contributed by atoms with Crippen LogP contribution in [-0.4, -0.2) is 0 Å². The van der Waals surface area contributed by atoms with E-state index in [1.165, 1.54) is 19.3 Å². The van der Waals surface area contributed by atoms with Crippen LogP contribution in [0.15, 0.2) is 12.2 Å². The molecule has 0 saturated heterocycles. The van der Waals surface area contributed by atoms with Crippen molar-refractivity contribution in [2.24, 2.45) is 23.7 Å². The summed E-state index contributed by atoms with van der Waals surface area (Å²) in [6.45, 7) is 4.70. The summed E-state index contributed by atoms with van der Waals surface area (Å²) < 4.78 is 0.